The SMILES string of the molecule is NC(=O)N[C@@H](c1ccccc1)N1C(=O)CCC1=O. The number of hydrogen-bond acceptors (Lipinski definition) is 3. The van der Waals surface area contributed by atoms with Gasteiger partial charge in [-0.2, -0.15) is 0 Å². The van der Waals surface area contributed by atoms with Crippen molar-refractivity contribution in [1.82, 2.24) is 10.2 Å². The highest BCUT2D eigenvalue weighted by atomic mass is 16.2. The maximum Gasteiger partial charge on any atom is 0.314 e. The van der Waals surface area contributed by atoms with Gasteiger partial charge in [0.1, 0.15) is 6.17 Å². The Morgan fingerprint density at radius 3 is 2.22 bits per heavy atom. The summed E-state index contributed by atoms with van der Waals surface area (Å²) in [5.41, 5.74) is 5.73. The topological polar surface area (TPSA) is 92.5 Å². The first-order valence-electron chi connectivity index (χ1n) is 5.55. The number of urea groups is 1. The summed E-state index contributed by atoms with van der Waals surface area (Å²) in [4.78, 5) is 35.5. The molecule has 1 aliphatic heterocycles. The van der Waals surface area contributed by atoms with Gasteiger partial charge in [0, 0.05) is 12.8 Å². The van der Waals surface area contributed by atoms with Crippen LogP contribution in [0.3, 0.4) is 0 Å². The molecule has 1 aromatic carbocycles. The Kier molecular flexibility index (Phi) is 3.27. The standard InChI is InChI=1S/C12H13N3O3/c13-12(18)14-11(8-4-2-1-3-5-8)15-9(16)6-7-10(15)17/h1-5,11H,6-7H2,(H3,13,14,18)/t11-/m1/s1. The number of carbonyl (C=O) groups is 3. The molecule has 1 aromatic rings. The summed E-state index contributed by atoms with van der Waals surface area (Å²) in [6.45, 7) is 0. The number of rotatable bonds is 3. The zero-order valence-electron chi connectivity index (χ0n) is 9.63. The smallest absolute Gasteiger partial charge is 0.314 e. The number of amides is 4. The van der Waals surface area contributed by atoms with Crippen LogP contribution in [0.15, 0.2) is 30.3 Å². The molecule has 0 unspecified atom stereocenters. The molecule has 3 N–H and O–H groups in total. The molecular formula is C12H13N3O3. The fourth-order valence-electron chi connectivity index (χ4n) is 1.95. The summed E-state index contributed by atoms with van der Waals surface area (Å²) < 4.78 is 0. The van der Waals surface area contributed by atoms with Gasteiger partial charge in [0.25, 0.3) is 0 Å². The van der Waals surface area contributed by atoms with Crippen LogP contribution in [-0.2, 0) is 9.59 Å². The van der Waals surface area contributed by atoms with E-state index in [-0.39, 0.29) is 24.7 Å². The molecule has 0 saturated carbocycles. The molecular weight excluding hydrogens is 234 g/mol. The van der Waals surface area contributed by atoms with Crippen molar-refractivity contribution in [2.75, 3.05) is 0 Å². The van der Waals surface area contributed by atoms with Crippen LogP contribution >= 0.6 is 0 Å². The summed E-state index contributed by atoms with van der Waals surface area (Å²) >= 11 is 0. The van der Waals surface area contributed by atoms with Gasteiger partial charge in [0.05, 0.1) is 0 Å². The minimum Gasteiger partial charge on any atom is -0.352 e. The second kappa shape index (κ2) is 4.87. The fourth-order valence-corrected chi connectivity index (χ4v) is 1.95. The second-order valence-electron chi connectivity index (χ2n) is 3.98. The number of primary amides is 1. The Morgan fingerprint density at radius 2 is 1.72 bits per heavy atom. The fraction of sp³-hybridized carbons (Fsp3) is 0.250. The molecule has 1 fully saturated rings. The molecule has 0 bridgehead atoms. The van der Waals surface area contributed by atoms with Crippen LogP contribution in [0.1, 0.15) is 24.6 Å². The van der Waals surface area contributed by atoms with Crippen LogP contribution < -0.4 is 11.1 Å². The summed E-state index contributed by atoms with van der Waals surface area (Å²) in [6, 6.07) is 7.99. The van der Waals surface area contributed by atoms with Crippen molar-refractivity contribution >= 4 is 17.8 Å². The van der Waals surface area contributed by atoms with E-state index in [2.05, 4.69) is 5.32 Å². The molecule has 0 aliphatic carbocycles. The second-order valence-corrected chi connectivity index (χ2v) is 3.98. The van der Waals surface area contributed by atoms with Crippen molar-refractivity contribution in [3.63, 3.8) is 0 Å². The predicted octanol–water partition coefficient (Wildman–Crippen LogP) is 0.502. The van der Waals surface area contributed by atoms with Gasteiger partial charge in [-0.3, -0.25) is 14.5 Å². The lowest BCUT2D eigenvalue weighted by atomic mass is 10.1. The molecule has 1 heterocycles. The van der Waals surface area contributed by atoms with Crippen molar-refractivity contribution in [3.05, 3.63) is 35.9 Å². The van der Waals surface area contributed by atoms with E-state index in [1.54, 1.807) is 30.3 Å². The van der Waals surface area contributed by atoms with Gasteiger partial charge in [0.15, 0.2) is 0 Å². The maximum absolute atomic E-state index is 11.7. The van der Waals surface area contributed by atoms with E-state index in [1.165, 1.54) is 0 Å². The Labute approximate surface area is 104 Å². The van der Waals surface area contributed by atoms with Crippen LogP contribution in [-0.4, -0.2) is 22.7 Å². The summed E-state index contributed by atoms with van der Waals surface area (Å²) in [5.74, 6) is -0.606. The first-order chi connectivity index (χ1) is 8.59. The number of imide groups is 1. The lowest BCUT2D eigenvalue weighted by Gasteiger charge is -2.26. The van der Waals surface area contributed by atoms with E-state index in [0.717, 1.165) is 4.90 Å². The first kappa shape index (κ1) is 12.1. The summed E-state index contributed by atoms with van der Waals surface area (Å²) in [6.07, 6.45) is -0.489. The Hall–Kier alpha value is -2.37. The largest absolute Gasteiger partial charge is 0.352 e. The lowest BCUT2D eigenvalue weighted by molar-refractivity contribution is -0.141. The van der Waals surface area contributed by atoms with Crippen LogP contribution in [0.25, 0.3) is 0 Å². The van der Waals surface area contributed by atoms with E-state index >= 15 is 0 Å². The molecule has 4 amide bonds. The molecule has 6 heteroatoms. The number of nitrogens with two attached hydrogens (primary N) is 1. The average molecular weight is 247 g/mol. The molecule has 18 heavy (non-hydrogen) atoms. The highest BCUT2D eigenvalue weighted by Gasteiger charge is 2.36. The van der Waals surface area contributed by atoms with E-state index in [4.69, 9.17) is 5.73 Å². The van der Waals surface area contributed by atoms with Gasteiger partial charge in [0.2, 0.25) is 11.8 Å². The molecule has 1 saturated heterocycles. The molecule has 1 aliphatic rings. The third-order valence-corrected chi connectivity index (χ3v) is 2.74. The zero-order chi connectivity index (χ0) is 13.1. The van der Waals surface area contributed by atoms with Gasteiger partial charge in [-0.05, 0) is 5.56 Å². The average Bonchev–Trinajstić information content (AvgIpc) is 2.67. The number of nitrogens with one attached hydrogen (secondary N) is 1. The van der Waals surface area contributed by atoms with Gasteiger partial charge in [-0.25, -0.2) is 4.79 Å². The highest BCUT2D eigenvalue weighted by molar-refractivity contribution is 6.02. The number of hydrogen-bond donors (Lipinski definition) is 2. The number of likely N-dealkylation sites (tertiary alicyclic amines) is 1. The molecule has 2 rings (SSSR count). The van der Waals surface area contributed by atoms with E-state index < -0.39 is 12.2 Å². The molecule has 1 atom stereocenters. The van der Waals surface area contributed by atoms with E-state index in [1.807, 2.05) is 0 Å². The number of benzene rings is 1. The number of carbonyl (C=O) groups excluding carboxylic acids is 3. The molecule has 0 aromatic heterocycles. The Morgan fingerprint density at radius 1 is 1.17 bits per heavy atom. The van der Waals surface area contributed by atoms with Crippen molar-refractivity contribution in [3.8, 4) is 0 Å². The maximum atomic E-state index is 11.7. The predicted molar refractivity (Wildman–Crippen MR) is 63.0 cm³/mol. The monoisotopic (exact) mass is 247 g/mol. The van der Waals surface area contributed by atoms with Crippen molar-refractivity contribution in [1.29, 1.82) is 0 Å². The third kappa shape index (κ3) is 2.32. The minimum atomic E-state index is -0.828. The molecule has 0 radical (unpaired) electrons. The quantitative estimate of drug-likeness (QED) is 0.762. The molecule has 94 valence electrons. The van der Waals surface area contributed by atoms with Crippen molar-refractivity contribution in [2.24, 2.45) is 5.73 Å². The van der Waals surface area contributed by atoms with Gasteiger partial charge >= 0.3 is 6.03 Å². The molecule has 6 nitrogen and oxygen atoms in total. The molecule has 0 spiro atoms. The highest BCUT2D eigenvalue weighted by Crippen LogP contribution is 2.24. The van der Waals surface area contributed by atoms with Gasteiger partial charge < -0.3 is 11.1 Å². The Balaban J connectivity index is 2.34. The lowest BCUT2D eigenvalue weighted by Crippen LogP contribution is -2.45. The normalized spacial score (nSPS) is 16.8. The van der Waals surface area contributed by atoms with E-state index in [0.29, 0.717) is 5.56 Å². The van der Waals surface area contributed by atoms with Crippen LogP contribution in [0.4, 0.5) is 4.79 Å². The van der Waals surface area contributed by atoms with E-state index in [9.17, 15) is 14.4 Å². The summed E-state index contributed by atoms with van der Waals surface area (Å²) in [7, 11) is 0. The zero-order valence-corrected chi connectivity index (χ0v) is 9.63. The van der Waals surface area contributed by atoms with Gasteiger partial charge in [-0.15, -0.1) is 0 Å². The first-order valence-corrected chi connectivity index (χ1v) is 5.55. The van der Waals surface area contributed by atoms with Crippen LogP contribution in [0.2, 0.25) is 0 Å². The van der Waals surface area contributed by atoms with Crippen LogP contribution in [0, 0.1) is 0 Å². The van der Waals surface area contributed by atoms with Crippen molar-refractivity contribution in [2.45, 2.75) is 19.0 Å². The minimum absolute atomic E-state index is 0.169. The summed E-state index contributed by atoms with van der Waals surface area (Å²) in [5, 5.41) is 2.42. The van der Waals surface area contributed by atoms with Crippen LogP contribution in [0.5, 0.6) is 0 Å². The van der Waals surface area contributed by atoms with Crippen molar-refractivity contribution < 1.29 is 14.4 Å². The number of nitrogens with zero attached hydrogens (tertiary/aromatic N) is 1. The van der Waals surface area contributed by atoms with Gasteiger partial charge in [-0.1, -0.05) is 30.3 Å². The Bertz CT molecular complexity index is 471. The third-order valence-electron chi connectivity index (χ3n) is 2.74.